The average Bonchev–Trinajstić information content (AvgIpc) is 2.19. The number of hydrogen-bond donors (Lipinski definition) is 0. The molecule has 0 radical (unpaired) electrons. The standard InChI is InChI=1S/C8H12.C3H5Cl/c1-2-8-6-4-3-5-7-8;1-2-3-4/h2,6H,1,3-5,7H2;2H,1,3H2. The van der Waals surface area contributed by atoms with Crippen LogP contribution in [0.4, 0.5) is 0 Å². The first kappa shape index (κ1) is 11.5. The average molecular weight is 185 g/mol. The summed E-state index contributed by atoms with van der Waals surface area (Å²) in [7, 11) is 0. The van der Waals surface area contributed by atoms with Crippen molar-refractivity contribution in [2.45, 2.75) is 25.7 Å². The summed E-state index contributed by atoms with van der Waals surface area (Å²) in [4.78, 5) is 0. The number of allylic oxidation sites excluding steroid dienone is 4. The van der Waals surface area contributed by atoms with E-state index in [1.54, 1.807) is 6.08 Å². The minimum Gasteiger partial charge on any atom is -0.122 e. The molecule has 1 aliphatic carbocycles. The van der Waals surface area contributed by atoms with Gasteiger partial charge in [-0.2, -0.15) is 0 Å². The molecule has 1 aliphatic rings. The van der Waals surface area contributed by atoms with Gasteiger partial charge in [-0.25, -0.2) is 0 Å². The molecule has 1 rings (SSSR count). The van der Waals surface area contributed by atoms with Crippen molar-refractivity contribution in [3.05, 3.63) is 37.0 Å². The Balaban J connectivity index is 0.000000261. The molecule has 0 N–H and O–H groups in total. The number of hydrogen-bond acceptors (Lipinski definition) is 0. The maximum atomic E-state index is 5.07. The first-order valence-corrected chi connectivity index (χ1v) is 4.87. The topological polar surface area (TPSA) is 0 Å². The highest BCUT2D eigenvalue weighted by atomic mass is 35.5. The van der Waals surface area contributed by atoms with Crippen molar-refractivity contribution in [3.63, 3.8) is 0 Å². The molecule has 0 nitrogen and oxygen atoms in total. The molecule has 0 fully saturated rings. The lowest BCUT2D eigenvalue weighted by Gasteiger charge is -2.06. The van der Waals surface area contributed by atoms with E-state index in [0.29, 0.717) is 5.88 Å². The zero-order valence-corrected chi connectivity index (χ0v) is 8.32. The van der Waals surface area contributed by atoms with Gasteiger partial charge in [0.1, 0.15) is 0 Å². The summed E-state index contributed by atoms with van der Waals surface area (Å²) < 4.78 is 0. The highest BCUT2D eigenvalue weighted by Gasteiger charge is 1.97. The summed E-state index contributed by atoms with van der Waals surface area (Å²) in [6, 6.07) is 0. The van der Waals surface area contributed by atoms with Gasteiger partial charge >= 0.3 is 0 Å². The molecule has 0 aromatic rings. The molecule has 12 heavy (non-hydrogen) atoms. The van der Waals surface area contributed by atoms with E-state index >= 15 is 0 Å². The summed E-state index contributed by atoms with van der Waals surface area (Å²) in [5.41, 5.74) is 1.44. The first-order valence-electron chi connectivity index (χ1n) is 4.33. The molecule has 0 amide bonds. The minimum atomic E-state index is 0.556. The smallest absolute Gasteiger partial charge is 0.0401 e. The molecule has 0 aromatic carbocycles. The Bertz CT molecular complexity index is 156. The Morgan fingerprint density at radius 1 is 1.42 bits per heavy atom. The van der Waals surface area contributed by atoms with Crippen molar-refractivity contribution in [3.8, 4) is 0 Å². The largest absolute Gasteiger partial charge is 0.122 e. The van der Waals surface area contributed by atoms with Crippen LogP contribution < -0.4 is 0 Å². The fourth-order valence-electron chi connectivity index (χ4n) is 1.05. The maximum Gasteiger partial charge on any atom is 0.0401 e. The van der Waals surface area contributed by atoms with Gasteiger partial charge in [0.25, 0.3) is 0 Å². The molecule has 0 unspecified atom stereocenters. The lowest BCUT2D eigenvalue weighted by molar-refractivity contribution is 0.712. The second-order valence-electron chi connectivity index (χ2n) is 2.67. The van der Waals surface area contributed by atoms with Gasteiger partial charge in [0.05, 0.1) is 0 Å². The molecule has 68 valence electrons. The summed E-state index contributed by atoms with van der Waals surface area (Å²) in [6.07, 6.45) is 11.2. The number of halogens is 1. The van der Waals surface area contributed by atoms with Gasteiger partial charge < -0.3 is 0 Å². The van der Waals surface area contributed by atoms with Gasteiger partial charge in [-0.15, -0.1) is 18.2 Å². The van der Waals surface area contributed by atoms with Crippen molar-refractivity contribution in [1.82, 2.24) is 0 Å². The van der Waals surface area contributed by atoms with Crippen LogP contribution in [0.3, 0.4) is 0 Å². The van der Waals surface area contributed by atoms with Crippen LogP contribution in [0.1, 0.15) is 25.7 Å². The summed E-state index contributed by atoms with van der Waals surface area (Å²) in [5, 5.41) is 0. The fourth-order valence-corrected chi connectivity index (χ4v) is 1.05. The lowest BCUT2D eigenvalue weighted by Crippen LogP contribution is -1.86. The van der Waals surface area contributed by atoms with E-state index < -0.39 is 0 Å². The summed E-state index contributed by atoms with van der Waals surface area (Å²) in [5.74, 6) is 0.556. The Kier molecular flexibility index (Phi) is 8.25. The molecular formula is C11H17Cl. The predicted octanol–water partition coefficient (Wildman–Crippen LogP) is 4.08. The molecule has 0 atom stereocenters. The second kappa shape index (κ2) is 8.61. The quantitative estimate of drug-likeness (QED) is 0.448. The first-order chi connectivity index (χ1) is 5.85. The molecule has 0 saturated heterocycles. The zero-order valence-electron chi connectivity index (χ0n) is 7.56. The van der Waals surface area contributed by atoms with Gasteiger partial charge in [-0.1, -0.05) is 30.4 Å². The van der Waals surface area contributed by atoms with E-state index in [1.807, 2.05) is 6.08 Å². The van der Waals surface area contributed by atoms with Gasteiger partial charge in [0.2, 0.25) is 0 Å². The lowest BCUT2D eigenvalue weighted by atomic mass is 10.0. The van der Waals surface area contributed by atoms with Gasteiger partial charge in [0.15, 0.2) is 0 Å². The van der Waals surface area contributed by atoms with Crippen LogP contribution in [0.5, 0.6) is 0 Å². The van der Waals surface area contributed by atoms with Gasteiger partial charge in [-0.3, -0.25) is 0 Å². The van der Waals surface area contributed by atoms with Crippen molar-refractivity contribution >= 4 is 11.6 Å². The molecule has 0 aromatic heterocycles. The third-order valence-electron chi connectivity index (χ3n) is 1.70. The number of rotatable bonds is 2. The minimum absolute atomic E-state index is 0.556. The van der Waals surface area contributed by atoms with Crippen LogP contribution >= 0.6 is 11.6 Å². The van der Waals surface area contributed by atoms with Crippen LogP contribution in [0.25, 0.3) is 0 Å². The molecule has 0 bridgehead atoms. The normalized spacial score (nSPS) is 15.2. The third kappa shape index (κ3) is 6.23. The Morgan fingerprint density at radius 2 is 2.08 bits per heavy atom. The van der Waals surface area contributed by atoms with E-state index in [2.05, 4.69) is 19.2 Å². The highest BCUT2D eigenvalue weighted by Crippen LogP contribution is 2.16. The molecule has 0 spiro atoms. The Hall–Kier alpha value is -0.490. The maximum absolute atomic E-state index is 5.07. The van der Waals surface area contributed by atoms with E-state index in [4.69, 9.17) is 11.6 Å². The highest BCUT2D eigenvalue weighted by molar-refractivity contribution is 6.18. The van der Waals surface area contributed by atoms with Gasteiger partial charge in [-0.05, 0) is 25.7 Å². The molecule has 0 aliphatic heterocycles. The van der Waals surface area contributed by atoms with Crippen LogP contribution in [0, 0.1) is 0 Å². The predicted molar refractivity (Wildman–Crippen MR) is 57.7 cm³/mol. The third-order valence-corrected chi connectivity index (χ3v) is 1.92. The van der Waals surface area contributed by atoms with Crippen molar-refractivity contribution in [2.24, 2.45) is 0 Å². The van der Waals surface area contributed by atoms with Gasteiger partial charge in [0, 0.05) is 5.88 Å². The Morgan fingerprint density at radius 3 is 2.33 bits per heavy atom. The van der Waals surface area contributed by atoms with Crippen LogP contribution in [0.2, 0.25) is 0 Å². The Labute approximate surface area is 80.6 Å². The summed E-state index contributed by atoms with van der Waals surface area (Å²) in [6.45, 7) is 7.06. The van der Waals surface area contributed by atoms with Crippen LogP contribution in [-0.2, 0) is 0 Å². The van der Waals surface area contributed by atoms with E-state index in [1.165, 1.54) is 31.3 Å². The molecular weight excluding hydrogens is 168 g/mol. The molecule has 1 heteroatoms. The van der Waals surface area contributed by atoms with Crippen molar-refractivity contribution < 1.29 is 0 Å². The fraction of sp³-hybridized carbons (Fsp3) is 0.455. The van der Waals surface area contributed by atoms with Crippen LogP contribution in [0.15, 0.2) is 37.0 Å². The number of alkyl halides is 1. The van der Waals surface area contributed by atoms with E-state index in [9.17, 15) is 0 Å². The SMILES string of the molecule is C=CC1=CCCCC1.C=CCCl. The summed E-state index contributed by atoms with van der Waals surface area (Å²) >= 11 is 5.07. The molecule has 0 heterocycles. The van der Waals surface area contributed by atoms with E-state index in [-0.39, 0.29) is 0 Å². The van der Waals surface area contributed by atoms with Crippen molar-refractivity contribution in [2.75, 3.05) is 5.88 Å². The van der Waals surface area contributed by atoms with E-state index in [0.717, 1.165) is 0 Å². The zero-order chi connectivity index (χ0) is 9.23. The van der Waals surface area contributed by atoms with Crippen molar-refractivity contribution in [1.29, 1.82) is 0 Å². The molecule has 0 saturated carbocycles. The second-order valence-corrected chi connectivity index (χ2v) is 2.98. The monoisotopic (exact) mass is 184 g/mol. The van der Waals surface area contributed by atoms with Crippen LogP contribution in [-0.4, -0.2) is 5.88 Å².